The van der Waals surface area contributed by atoms with Gasteiger partial charge in [-0.1, -0.05) is 12.5 Å². The van der Waals surface area contributed by atoms with E-state index in [0.717, 1.165) is 29.6 Å². The van der Waals surface area contributed by atoms with Gasteiger partial charge in [0.15, 0.2) is 0 Å². The zero-order valence-corrected chi connectivity index (χ0v) is 11.2. The van der Waals surface area contributed by atoms with E-state index in [1.54, 1.807) is 12.5 Å². The fourth-order valence-electron chi connectivity index (χ4n) is 3.51. The van der Waals surface area contributed by atoms with Crippen LogP contribution in [0.1, 0.15) is 38.4 Å². The topological polar surface area (TPSA) is 59.7 Å². The molecule has 1 aromatic heterocycles. The van der Waals surface area contributed by atoms with Crippen LogP contribution < -0.4 is 0 Å². The van der Waals surface area contributed by atoms with Gasteiger partial charge in [0.1, 0.15) is 6.10 Å². The second kappa shape index (κ2) is 4.23. The van der Waals surface area contributed by atoms with E-state index in [1.165, 1.54) is 0 Å². The van der Waals surface area contributed by atoms with Gasteiger partial charge in [0, 0.05) is 29.1 Å². The first-order valence-electron chi connectivity index (χ1n) is 6.63. The van der Waals surface area contributed by atoms with Crippen LogP contribution in [-0.4, -0.2) is 17.7 Å². The molecule has 1 saturated heterocycles. The van der Waals surface area contributed by atoms with Crippen molar-refractivity contribution < 1.29 is 19.1 Å². The molecule has 19 heavy (non-hydrogen) atoms. The van der Waals surface area contributed by atoms with Crippen molar-refractivity contribution in [2.24, 2.45) is 11.3 Å². The van der Waals surface area contributed by atoms with Crippen LogP contribution in [0.4, 0.5) is 0 Å². The zero-order valence-electron chi connectivity index (χ0n) is 11.2. The first kappa shape index (κ1) is 12.5. The molecular formula is C15H18O4. The summed E-state index contributed by atoms with van der Waals surface area (Å²) in [7, 11) is 0. The molecule has 0 aromatic carbocycles. The molecule has 3 unspecified atom stereocenters. The molecule has 0 radical (unpaired) electrons. The second-order valence-electron chi connectivity index (χ2n) is 5.74. The van der Waals surface area contributed by atoms with Gasteiger partial charge in [-0.05, 0) is 25.8 Å². The van der Waals surface area contributed by atoms with Crippen LogP contribution >= 0.6 is 0 Å². The number of aliphatic hydroxyl groups excluding tert-OH is 1. The fourth-order valence-corrected chi connectivity index (χ4v) is 3.51. The Labute approximate surface area is 112 Å². The minimum absolute atomic E-state index is 0.0822. The molecule has 0 spiro atoms. The summed E-state index contributed by atoms with van der Waals surface area (Å²) >= 11 is 0. The van der Waals surface area contributed by atoms with E-state index in [-0.39, 0.29) is 30.0 Å². The lowest BCUT2D eigenvalue weighted by Gasteiger charge is -2.36. The van der Waals surface area contributed by atoms with E-state index >= 15 is 0 Å². The Hall–Kier alpha value is -1.55. The standard InChI is InChI=1S/C15H18O4/c1-9-10(7-16)3-5-15(2)12(9)14(17)19-13(15)11-4-6-18-8-11/h4,6,8,10,13,16H,3,5,7H2,1-2H3. The van der Waals surface area contributed by atoms with Crippen molar-refractivity contribution in [1.29, 1.82) is 0 Å². The van der Waals surface area contributed by atoms with Crippen LogP contribution in [0, 0.1) is 11.3 Å². The van der Waals surface area contributed by atoms with E-state index in [2.05, 4.69) is 6.92 Å². The van der Waals surface area contributed by atoms with Gasteiger partial charge in [-0.2, -0.15) is 0 Å². The molecule has 2 aliphatic rings. The molecule has 1 aliphatic heterocycles. The normalized spacial score (nSPS) is 34.4. The number of hydrogen-bond acceptors (Lipinski definition) is 4. The summed E-state index contributed by atoms with van der Waals surface area (Å²) in [4.78, 5) is 12.2. The highest BCUT2D eigenvalue weighted by Crippen LogP contribution is 2.56. The Kier molecular flexibility index (Phi) is 2.78. The number of ether oxygens (including phenoxy) is 1. The summed E-state index contributed by atoms with van der Waals surface area (Å²) in [6, 6.07) is 1.85. The molecule has 102 valence electrons. The van der Waals surface area contributed by atoms with E-state index in [9.17, 15) is 9.90 Å². The summed E-state index contributed by atoms with van der Waals surface area (Å²) in [6.07, 6.45) is 4.68. The minimum Gasteiger partial charge on any atom is -0.472 e. The van der Waals surface area contributed by atoms with Gasteiger partial charge in [-0.25, -0.2) is 4.79 Å². The summed E-state index contributed by atoms with van der Waals surface area (Å²) < 4.78 is 10.7. The van der Waals surface area contributed by atoms with Gasteiger partial charge in [0.25, 0.3) is 0 Å². The number of carbonyl (C=O) groups excluding carboxylic acids is 1. The molecule has 1 N–H and O–H groups in total. The van der Waals surface area contributed by atoms with E-state index < -0.39 is 0 Å². The third kappa shape index (κ3) is 1.66. The molecule has 1 fully saturated rings. The molecule has 4 nitrogen and oxygen atoms in total. The Bertz CT molecular complexity index is 528. The third-order valence-electron chi connectivity index (χ3n) is 4.66. The van der Waals surface area contributed by atoms with Crippen molar-refractivity contribution in [3.8, 4) is 0 Å². The van der Waals surface area contributed by atoms with Gasteiger partial charge in [0.2, 0.25) is 0 Å². The Morgan fingerprint density at radius 1 is 1.53 bits per heavy atom. The predicted octanol–water partition coefficient (Wildman–Crippen LogP) is 2.60. The molecule has 3 rings (SSSR count). The lowest BCUT2D eigenvalue weighted by atomic mass is 9.65. The van der Waals surface area contributed by atoms with Crippen molar-refractivity contribution >= 4 is 5.97 Å². The van der Waals surface area contributed by atoms with Crippen LogP contribution in [0.3, 0.4) is 0 Å². The monoisotopic (exact) mass is 262 g/mol. The first-order chi connectivity index (χ1) is 9.08. The average molecular weight is 262 g/mol. The number of furan rings is 1. The van der Waals surface area contributed by atoms with Gasteiger partial charge in [-0.15, -0.1) is 0 Å². The molecular weight excluding hydrogens is 244 g/mol. The Balaban J connectivity index is 2.08. The van der Waals surface area contributed by atoms with Crippen LogP contribution in [0.15, 0.2) is 34.2 Å². The van der Waals surface area contributed by atoms with Crippen LogP contribution in [0.5, 0.6) is 0 Å². The number of cyclic esters (lactones) is 1. The second-order valence-corrected chi connectivity index (χ2v) is 5.74. The molecule has 1 aromatic rings. The van der Waals surface area contributed by atoms with Gasteiger partial charge >= 0.3 is 5.97 Å². The fraction of sp³-hybridized carbons (Fsp3) is 0.533. The van der Waals surface area contributed by atoms with Crippen LogP contribution in [0.2, 0.25) is 0 Å². The number of carbonyl (C=O) groups is 1. The smallest absolute Gasteiger partial charge is 0.335 e. The van der Waals surface area contributed by atoms with Crippen LogP contribution in [-0.2, 0) is 9.53 Å². The van der Waals surface area contributed by atoms with Gasteiger partial charge in [-0.3, -0.25) is 0 Å². The number of hydrogen-bond donors (Lipinski definition) is 1. The minimum atomic E-state index is -0.309. The van der Waals surface area contributed by atoms with E-state index in [0.29, 0.717) is 0 Å². The van der Waals surface area contributed by atoms with E-state index in [1.807, 2.05) is 13.0 Å². The number of fused-ring (bicyclic) bond motifs is 1. The number of rotatable bonds is 2. The zero-order chi connectivity index (χ0) is 13.6. The lowest BCUT2D eigenvalue weighted by Crippen LogP contribution is -2.30. The Morgan fingerprint density at radius 2 is 2.32 bits per heavy atom. The predicted molar refractivity (Wildman–Crippen MR) is 68.2 cm³/mol. The summed E-state index contributed by atoms with van der Waals surface area (Å²) in [5.74, 6) is -0.164. The third-order valence-corrected chi connectivity index (χ3v) is 4.66. The molecule has 4 heteroatoms. The van der Waals surface area contributed by atoms with Gasteiger partial charge < -0.3 is 14.3 Å². The highest BCUT2D eigenvalue weighted by Gasteiger charge is 2.54. The van der Waals surface area contributed by atoms with Crippen molar-refractivity contribution in [1.82, 2.24) is 0 Å². The highest BCUT2D eigenvalue weighted by atomic mass is 16.6. The molecule has 0 amide bonds. The largest absolute Gasteiger partial charge is 0.472 e. The van der Waals surface area contributed by atoms with Crippen molar-refractivity contribution in [3.05, 3.63) is 35.3 Å². The first-order valence-corrected chi connectivity index (χ1v) is 6.63. The van der Waals surface area contributed by atoms with Crippen molar-refractivity contribution in [3.63, 3.8) is 0 Å². The summed E-state index contributed by atoms with van der Waals surface area (Å²) in [5.41, 5.74) is 2.33. The lowest BCUT2D eigenvalue weighted by molar-refractivity contribution is -0.140. The van der Waals surface area contributed by atoms with Crippen molar-refractivity contribution in [2.45, 2.75) is 32.8 Å². The van der Waals surface area contributed by atoms with Gasteiger partial charge in [0.05, 0.1) is 12.5 Å². The summed E-state index contributed by atoms with van der Waals surface area (Å²) in [6.45, 7) is 4.10. The number of esters is 1. The highest BCUT2D eigenvalue weighted by molar-refractivity contribution is 5.94. The molecule has 3 atom stereocenters. The molecule has 2 heterocycles. The molecule has 0 saturated carbocycles. The Morgan fingerprint density at radius 3 is 2.95 bits per heavy atom. The van der Waals surface area contributed by atoms with Crippen molar-refractivity contribution in [2.75, 3.05) is 6.61 Å². The SMILES string of the molecule is CC1=C2C(=O)OC(c3ccoc3)C2(C)CCC1CO. The van der Waals surface area contributed by atoms with Crippen LogP contribution in [0.25, 0.3) is 0 Å². The maximum Gasteiger partial charge on any atom is 0.335 e. The quantitative estimate of drug-likeness (QED) is 0.832. The number of aliphatic hydroxyl groups is 1. The maximum absolute atomic E-state index is 12.2. The maximum atomic E-state index is 12.2. The summed E-state index contributed by atoms with van der Waals surface area (Å²) in [5, 5.41) is 9.40. The average Bonchev–Trinajstić information content (AvgIpc) is 2.96. The molecule has 1 aliphatic carbocycles. The molecule has 0 bridgehead atoms. The van der Waals surface area contributed by atoms with E-state index in [4.69, 9.17) is 9.15 Å².